The van der Waals surface area contributed by atoms with E-state index in [2.05, 4.69) is 19.2 Å². The van der Waals surface area contributed by atoms with E-state index in [0.29, 0.717) is 12.1 Å². The minimum absolute atomic E-state index is 0.0896. The second-order valence-corrected chi connectivity index (χ2v) is 5.98. The second kappa shape index (κ2) is 4.42. The van der Waals surface area contributed by atoms with E-state index in [0.717, 1.165) is 6.42 Å². The van der Waals surface area contributed by atoms with Crippen LogP contribution in [-0.2, 0) is 0 Å². The van der Waals surface area contributed by atoms with E-state index in [1.165, 1.54) is 38.5 Å². The zero-order chi connectivity index (χ0) is 10.9. The topological polar surface area (TPSA) is 32.3 Å². The van der Waals surface area contributed by atoms with Crippen LogP contribution in [0.2, 0.25) is 0 Å². The van der Waals surface area contributed by atoms with Gasteiger partial charge in [0, 0.05) is 17.5 Å². The molecule has 0 bridgehead atoms. The maximum absolute atomic E-state index is 9.69. The largest absolute Gasteiger partial charge is 0.392 e. The molecule has 2 aliphatic rings. The molecule has 0 saturated heterocycles. The number of hydrogen-bond acceptors (Lipinski definition) is 2. The summed E-state index contributed by atoms with van der Waals surface area (Å²) in [6.07, 6.45) is 9.11. The Hall–Kier alpha value is -0.0800. The predicted octanol–water partition coefficient (Wildman–Crippen LogP) is 2.46. The molecular formula is C13H25NO. The highest BCUT2D eigenvalue weighted by Gasteiger charge is 2.47. The highest BCUT2D eigenvalue weighted by atomic mass is 16.3. The van der Waals surface area contributed by atoms with E-state index >= 15 is 0 Å². The molecule has 2 atom stereocenters. The Kier molecular flexibility index (Phi) is 3.36. The number of nitrogens with one attached hydrogen (secondary N) is 1. The first-order valence-electron chi connectivity index (χ1n) is 6.55. The fourth-order valence-electron chi connectivity index (χ4n) is 2.92. The summed E-state index contributed by atoms with van der Waals surface area (Å²) in [5.74, 6) is 0. The normalized spacial score (nSPS) is 37.0. The van der Waals surface area contributed by atoms with Crippen LogP contribution < -0.4 is 5.32 Å². The van der Waals surface area contributed by atoms with E-state index in [1.807, 2.05) is 0 Å². The maximum atomic E-state index is 9.69. The molecule has 0 heterocycles. The molecule has 2 saturated carbocycles. The molecule has 2 heteroatoms. The zero-order valence-corrected chi connectivity index (χ0v) is 10.1. The number of aliphatic hydroxyl groups excluding tert-OH is 1. The van der Waals surface area contributed by atoms with Crippen molar-refractivity contribution in [2.75, 3.05) is 0 Å². The molecule has 2 rings (SSSR count). The van der Waals surface area contributed by atoms with Crippen molar-refractivity contribution in [1.29, 1.82) is 0 Å². The van der Waals surface area contributed by atoms with Crippen molar-refractivity contribution in [1.82, 2.24) is 5.32 Å². The molecule has 0 aromatic rings. The lowest BCUT2D eigenvalue weighted by Crippen LogP contribution is -2.61. The molecule has 2 nitrogen and oxygen atoms in total. The molecule has 88 valence electrons. The van der Waals surface area contributed by atoms with Crippen LogP contribution in [0, 0.1) is 5.41 Å². The van der Waals surface area contributed by atoms with E-state index in [-0.39, 0.29) is 11.5 Å². The fraction of sp³-hybridized carbons (Fsp3) is 1.00. The van der Waals surface area contributed by atoms with Gasteiger partial charge >= 0.3 is 0 Å². The maximum Gasteiger partial charge on any atom is 0.0621 e. The summed E-state index contributed by atoms with van der Waals surface area (Å²) in [7, 11) is 0. The van der Waals surface area contributed by atoms with Gasteiger partial charge in [0.2, 0.25) is 0 Å². The number of aliphatic hydroxyl groups is 1. The summed E-state index contributed by atoms with van der Waals surface area (Å²) in [5.41, 5.74) is 0.0896. The van der Waals surface area contributed by atoms with Crippen LogP contribution in [0.1, 0.15) is 58.8 Å². The van der Waals surface area contributed by atoms with Gasteiger partial charge in [-0.1, -0.05) is 39.5 Å². The molecule has 0 aromatic heterocycles. The van der Waals surface area contributed by atoms with Crippen molar-refractivity contribution in [3.8, 4) is 0 Å². The third-order valence-electron chi connectivity index (χ3n) is 4.51. The number of rotatable bonds is 2. The molecule has 0 aliphatic heterocycles. The molecule has 2 N–H and O–H groups in total. The first-order valence-corrected chi connectivity index (χ1v) is 6.55. The minimum Gasteiger partial charge on any atom is -0.392 e. The van der Waals surface area contributed by atoms with Crippen LogP contribution in [0.25, 0.3) is 0 Å². The Labute approximate surface area is 93.5 Å². The van der Waals surface area contributed by atoms with Crippen LogP contribution in [-0.4, -0.2) is 23.3 Å². The van der Waals surface area contributed by atoms with Gasteiger partial charge in [0.1, 0.15) is 0 Å². The van der Waals surface area contributed by atoms with Gasteiger partial charge in [-0.25, -0.2) is 0 Å². The lowest BCUT2D eigenvalue weighted by Gasteiger charge is -2.51. The zero-order valence-electron chi connectivity index (χ0n) is 10.1. The Bertz CT molecular complexity index is 207. The summed E-state index contributed by atoms with van der Waals surface area (Å²) in [5, 5.41) is 13.4. The third kappa shape index (κ3) is 2.36. The van der Waals surface area contributed by atoms with Crippen molar-refractivity contribution >= 4 is 0 Å². The molecule has 15 heavy (non-hydrogen) atoms. The van der Waals surface area contributed by atoms with Crippen molar-refractivity contribution in [3.63, 3.8) is 0 Å². The average molecular weight is 211 g/mol. The lowest BCUT2D eigenvalue weighted by molar-refractivity contribution is -0.0763. The van der Waals surface area contributed by atoms with Gasteiger partial charge in [0.25, 0.3) is 0 Å². The molecule has 0 aromatic carbocycles. The molecule has 0 spiro atoms. The first-order chi connectivity index (χ1) is 7.10. The summed E-state index contributed by atoms with van der Waals surface area (Å²) in [6, 6.07) is 1.25. The smallest absolute Gasteiger partial charge is 0.0621 e. The van der Waals surface area contributed by atoms with Crippen molar-refractivity contribution in [2.45, 2.75) is 77.0 Å². The molecular weight excluding hydrogens is 186 g/mol. The molecule has 2 unspecified atom stereocenters. The van der Waals surface area contributed by atoms with Crippen molar-refractivity contribution in [2.24, 2.45) is 5.41 Å². The van der Waals surface area contributed by atoms with Crippen LogP contribution in [0.4, 0.5) is 0 Å². The van der Waals surface area contributed by atoms with Crippen LogP contribution in [0.3, 0.4) is 0 Å². The summed E-state index contributed by atoms with van der Waals surface area (Å²) in [6.45, 7) is 4.35. The second-order valence-electron chi connectivity index (χ2n) is 5.98. The number of hydrogen-bond donors (Lipinski definition) is 2. The van der Waals surface area contributed by atoms with Gasteiger partial charge < -0.3 is 10.4 Å². The van der Waals surface area contributed by atoms with E-state index in [9.17, 15) is 5.11 Å². The van der Waals surface area contributed by atoms with Gasteiger partial charge in [-0.15, -0.1) is 0 Å². The predicted molar refractivity (Wildman–Crippen MR) is 62.8 cm³/mol. The average Bonchev–Trinajstić information content (AvgIpc) is 2.46. The Morgan fingerprint density at radius 1 is 1.07 bits per heavy atom. The summed E-state index contributed by atoms with van der Waals surface area (Å²) < 4.78 is 0. The van der Waals surface area contributed by atoms with E-state index < -0.39 is 0 Å². The van der Waals surface area contributed by atoms with Crippen molar-refractivity contribution in [3.05, 3.63) is 0 Å². The molecule has 2 aliphatic carbocycles. The van der Waals surface area contributed by atoms with Gasteiger partial charge in [-0.3, -0.25) is 0 Å². The highest BCUT2D eigenvalue weighted by molar-refractivity contribution is 5.02. The van der Waals surface area contributed by atoms with Gasteiger partial charge in [-0.2, -0.15) is 0 Å². The fourth-order valence-corrected chi connectivity index (χ4v) is 2.92. The Balaban J connectivity index is 1.81. The summed E-state index contributed by atoms with van der Waals surface area (Å²) >= 11 is 0. The standard InChI is InChI=1S/C13H25NO/c1-13(2)11(9-12(13)15)14-10-7-5-3-4-6-8-10/h10-12,14-15H,3-9H2,1-2H3. The quantitative estimate of drug-likeness (QED) is 0.688. The third-order valence-corrected chi connectivity index (χ3v) is 4.51. The van der Waals surface area contributed by atoms with Crippen LogP contribution in [0.5, 0.6) is 0 Å². The monoisotopic (exact) mass is 211 g/mol. The first kappa shape index (κ1) is 11.4. The Morgan fingerprint density at radius 3 is 2.13 bits per heavy atom. The summed E-state index contributed by atoms with van der Waals surface area (Å²) in [4.78, 5) is 0. The van der Waals surface area contributed by atoms with Crippen LogP contribution in [0.15, 0.2) is 0 Å². The molecule has 0 radical (unpaired) electrons. The van der Waals surface area contributed by atoms with Gasteiger partial charge in [0.05, 0.1) is 6.10 Å². The molecule has 2 fully saturated rings. The van der Waals surface area contributed by atoms with Crippen LogP contribution >= 0.6 is 0 Å². The van der Waals surface area contributed by atoms with E-state index in [4.69, 9.17) is 0 Å². The van der Waals surface area contributed by atoms with Gasteiger partial charge in [0.15, 0.2) is 0 Å². The Morgan fingerprint density at radius 2 is 1.67 bits per heavy atom. The van der Waals surface area contributed by atoms with E-state index in [1.54, 1.807) is 0 Å². The van der Waals surface area contributed by atoms with Crippen molar-refractivity contribution < 1.29 is 5.11 Å². The molecule has 0 amide bonds. The minimum atomic E-state index is -0.0965. The lowest BCUT2D eigenvalue weighted by atomic mass is 9.64. The highest BCUT2D eigenvalue weighted by Crippen LogP contribution is 2.41. The SMILES string of the molecule is CC1(C)C(O)CC1NC1CCCCCC1. The van der Waals surface area contributed by atoms with Gasteiger partial charge in [-0.05, 0) is 19.3 Å².